The monoisotopic (exact) mass is 202 g/mol. The van der Waals surface area contributed by atoms with E-state index in [1.54, 1.807) is 20.8 Å². The Balaban J connectivity index is 3.60. The van der Waals surface area contributed by atoms with Crippen molar-refractivity contribution in [3.8, 4) is 0 Å². The van der Waals surface area contributed by atoms with Gasteiger partial charge in [0.2, 0.25) is 0 Å². The van der Waals surface area contributed by atoms with Gasteiger partial charge in [-0.2, -0.15) is 0 Å². The Hall–Kier alpha value is -0.990. The van der Waals surface area contributed by atoms with E-state index in [1.165, 1.54) is 6.92 Å². The van der Waals surface area contributed by atoms with Gasteiger partial charge in [0.1, 0.15) is 0 Å². The van der Waals surface area contributed by atoms with Gasteiger partial charge in [0, 0.05) is 0 Å². The average Bonchev–Trinajstić information content (AvgIpc) is 2.11. The number of hydrogen-bond acceptors (Lipinski definition) is 0. The fourth-order valence-corrected chi connectivity index (χ4v) is 1.60. The lowest BCUT2D eigenvalue weighted by molar-refractivity contribution is 0.433. The van der Waals surface area contributed by atoms with Crippen LogP contribution in [0, 0.1) is 31.3 Å². The van der Waals surface area contributed by atoms with Crippen LogP contribution >= 0.6 is 0 Å². The summed E-state index contributed by atoms with van der Waals surface area (Å²) in [5.74, 6) is -3.65. The molecule has 14 heavy (non-hydrogen) atoms. The van der Waals surface area contributed by atoms with Crippen LogP contribution in [-0.4, -0.2) is 0 Å². The number of rotatable bonds is 1. The Labute approximate surface area is 81.8 Å². The van der Waals surface area contributed by atoms with E-state index in [4.69, 9.17) is 0 Å². The largest absolute Gasteiger partial charge is 0.203 e. The fourth-order valence-electron chi connectivity index (χ4n) is 1.60. The molecule has 0 N–H and O–H groups in total. The minimum atomic E-state index is -1.36. The van der Waals surface area contributed by atoms with Crippen molar-refractivity contribution in [1.29, 1.82) is 0 Å². The smallest absolute Gasteiger partial charge is 0.194 e. The molecule has 0 saturated heterocycles. The van der Waals surface area contributed by atoms with Crippen LogP contribution in [0.4, 0.5) is 13.2 Å². The molecular formula is C11H13F3. The van der Waals surface area contributed by atoms with Crippen molar-refractivity contribution in [2.24, 2.45) is 0 Å². The third-order valence-electron chi connectivity index (χ3n) is 2.49. The van der Waals surface area contributed by atoms with Crippen LogP contribution in [0.5, 0.6) is 0 Å². The highest BCUT2D eigenvalue weighted by atomic mass is 19.2. The first-order valence-corrected chi connectivity index (χ1v) is 4.51. The highest BCUT2D eigenvalue weighted by Crippen LogP contribution is 2.29. The average molecular weight is 202 g/mol. The maximum absolute atomic E-state index is 13.3. The third-order valence-corrected chi connectivity index (χ3v) is 2.49. The van der Waals surface area contributed by atoms with Gasteiger partial charge < -0.3 is 0 Å². The van der Waals surface area contributed by atoms with Crippen molar-refractivity contribution in [3.63, 3.8) is 0 Å². The van der Waals surface area contributed by atoms with E-state index in [2.05, 4.69) is 0 Å². The van der Waals surface area contributed by atoms with Gasteiger partial charge in [0.05, 0.1) is 0 Å². The molecule has 0 atom stereocenters. The Morgan fingerprint density at radius 3 is 1.71 bits per heavy atom. The molecule has 0 saturated carbocycles. The Bertz CT molecular complexity index is 338. The summed E-state index contributed by atoms with van der Waals surface area (Å²) < 4.78 is 39.5. The van der Waals surface area contributed by atoms with Crippen molar-refractivity contribution in [2.75, 3.05) is 0 Å². The summed E-state index contributed by atoms with van der Waals surface area (Å²) in [6.45, 7) is 6.57. The van der Waals surface area contributed by atoms with E-state index in [9.17, 15) is 13.2 Å². The second-order valence-corrected chi connectivity index (χ2v) is 3.76. The van der Waals surface area contributed by atoms with Gasteiger partial charge in [-0.3, -0.25) is 0 Å². The molecule has 1 aromatic rings. The van der Waals surface area contributed by atoms with Crippen molar-refractivity contribution < 1.29 is 13.2 Å². The summed E-state index contributed by atoms with van der Waals surface area (Å²) in [6, 6.07) is 0. The molecule has 78 valence electrons. The van der Waals surface area contributed by atoms with E-state index in [1.807, 2.05) is 0 Å². The zero-order valence-corrected chi connectivity index (χ0v) is 8.71. The molecule has 0 amide bonds. The molecule has 0 nitrogen and oxygen atoms in total. The maximum Gasteiger partial charge on any atom is 0.194 e. The maximum atomic E-state index is 13.3. The van der Waals surface area contributed by atoms with Crippen molar-refractivity contribution in [2.45, 2.75) is 33.6 Å². The number of hydrogen-bond donors (Lipinski definition) is 0. The van der Waals surface area contributed by atoms with E-state index in [0.29, 0.717) is 5.56 Å². The van der Waals surface area contributed by atoms with Gasteiger partial charge in [-0.05, 0) is 36.5 Å². The van der Waals surface area contributed by atoms with Crippen LogP contribution in [0.2, 0.25) is 0 Å². The van der Waals surface area contributed by atoms with Crippen molar-refractivity contribution in [1.82, 2.24) is 0 Å². The molecule has 0 aromatic heterocycles. The van der Waals surface area contributed by atoms with Crippen LogP contribution in [0.1, 0.15) is 36.5 Å². The first kappa shape index (κ1) is 11.1. The first-order valence-electron chi connectivity index (χ1n) is 4.51. The normalized spacial score (nSPS) is 11.1. The molecule has 0 aliphatic carbocycles. The minimum absolute atomic E-state index is 0.149. The lowest BCUT2D eigenvalue weighted by atomic mass is 9.93. The zero-order valence-electron chi connectivity index (χ0n) is 8.71. The van der Waals surface area contributed by atoms with Gasteiger partial charge in [-0.15, -0.1) is 0 Å². The summed E-state index contributed by atoms with van der Waals surface area (Å²) in [6.07, 6.45) is 0. The summed E-state index contributed by atoms with van der Waals surface area (Å²) >= 11 is 0. The lowest BCUT2D eigenvalue weighted by Crippen LogP contribution is -2.06. The molecule has 0 fully saturated rings. The van der Waals surface area contributed by atoms with Gasteiger partial charge >= 0.3 is 0 Å². The number of benzene rings is 1. The van der Waals surface area contributed by atoms with E-state index in [-0.39, 0.29) is 17.0 Å². The van der Waals surface area contributed by atoms with Crippen molar-refractivity contribution >= 4 is 0 Å². The van der Waals surface area contributed by atoms with E-state index in [0.717, 1.165) is 0 Å². The summed E-state index contributed by atoms with van der Waals surface area (Å²) in [4.78, 5) is 0. The molecule has 0 radical (unpaired) electrons. The quantitative estimate of drug-likeness (QED) is 0.607. The highest BCUT2D eigenvalue weighted by molar-refractivity contribution is 5.38. The molecule has 1 rings (SSSR count). The second-order valence-electron chi connectivity index (χ2n) is 3.76. The van der Waals surface area contributed by atoms with Crippen molar-refractivity contribution in [3.05, 3.63) is 34.1 Å². The Morgan fingerprint density at radius 1 is 0.786 bits per heavy atom. The molecule has 0 unspecified atom stereocenters. The first-order chi connectivity index (χ1) is 6.37. The summed E-state index contributed by atoms with van der Waals surface area (Å²) in [5, 5.41) is 0. The predicted molar refractivity (Wildman–Crippen MR) is 49.9 cm³/mol. The molecule has 0 spiro atoms. The highest BCUT2D eigenvalue weighted by Gasteiger charge is 2.21. The molecule has 3 heteroatoms. The van der Waals surface area contributed by atoms with Gasteiger partial charge in [-0.1, -0.05) is 13.8 Å². The van der Waals surface area contributed by atoms with Gasteiger partial charge in [0.15, 0.2) is 17.5 Å². The molecule has 0 aliphatic heterocycles. The van der Waals surface area contributed by atoms with E-state index >= 15 is 0 Å². The van der Waals surface area contributed by atoms with Crippen LogP contribution in [0.3, 0.4) is 0 Å². The third kappa shape index (κ3) is 1.51. The molecule has 1 aromatic carbocycles. The minimum Gasteiger partial charge on any atom is -0.203 e. The topological polar surface area (TPSA) is 0 Å². The predicted octanol–water partition coefficient (Wildman–Crippen LogP) is 3.84. The standard InChI is InChI=1S/C11H13F3/c1-5(2)8-6(3)7(4)9(12)11(14)10(8)13/h5H,1-4H3. The molecule has 0 heterocycles. The van der Waals surface area contributed by atoms with Gasteiger partial charge in [-0.25, -0.2) is 13.2 Å². The molecular weight excluding hydrogens is 189 g/mol. The summed E-state index contributed by atoms with van der Waals surface area (Å²) in [7, 11) is 0. The zero-order chi connectivity index (χ0) is 11.0. The van der Waals surface area contributed by atoms with E-state index < -0.39 is 17.5 Å². The van der Waals surface area contributed by atoms with Crippen LogP contribution in [0.25, 0.3) is 0 Å². The SMILES string of the molecule is Cc1c(C)c(C(C)C)c(F)c(F)c1F. The lowest BCUT2D eigenvalue weighted by Gasteiger charge is -2.14. The Morgan fingerprint density at radius 2 is 1.29 bits per heavy atom. The second kappa shape index (κ2) is 3.64. The number of halogens is 3. The fraction of sp³-hybridized carbons (Fsp3) is 0.455. The van der Waals surface area contributed by atoms with Crippen LogP contribution < -0.4 is 0 Å². The van der Waals surface area contributed by atoms with Crippen LogP contribution in [0.15, 0.2) is 0 Å². The van der Waals surface area contributed by atoms with Gasteiger partial charge in [0.25, 0.3) is 0 Å². The molecule has 0 bridgehead atoms. The summed E-state index contributed by atoms with van der Waals surface area (Å²) in [5.41, 5.74) is 0.949. The Kier molecular flexibility index (Phi) is 2.88. The molecule has 0 aliphatic rings. The van der Waals surface area contributed by atoms with Crippen LogP contribution in [-0.2, 0) is 0 Å².